The first-order valence-electron chi connectivity index (χ1n) is 8.22. The van der Waals surface area contributed by atoms with E-state index in [1.54, 1.807) is 32.4 Å². The molecule has 3 rings (SSSR count). The summed E-state index contributed by atoms with van der Waals surface area (Å²) in [5.74, 6) is 0.997. The molecule has 138 valence electrons. The highest BCUT2D eigenvalue weighted by Crippen LogP contribution is 2.26. The summed E-state index contributed by atoms with van der Waals surface area (Å²) < 4.78 is 10.5. The fraction of sp³-hybridized carbons (Fsp3) is 0.278. The number of methoxy groups -OCH3 is 2. The number of hydrazine groups is 2. The summed E-state index contributed by atoms with van der Waals surface area (Å²) in [6.07, 6.45) is -0.329. The molecule has 1 fully saturated rings. The van der Waals surface area contributed by atoms with Gasteiger partial charge in [0.1, 0.15) is 23.7 Å². The molecule has 0 aromatic heterocycles. The molecule has 1 aliphatic heterocycles. The number of carbonyl (C=O) groups is 1. The molecule has 1 aliphatic rings. The molecule has 0 spiro atoms. The fourth-order valence-electron chi connectivity index (χ4n) is 2.63. The van der Waals surface area contributed by atoms with Gasteiger partial charge in [-0.2, -0.15) is 5.53 Å². The SMILES string of the molecule is COc1cc(NC(=O)C2NNNC2Nc2ccc(C)cc2)cc(OC)c1. The number of nitrogens with one attached hydrogen (secondary N) is 5. The molecule has 1 amide bonds. The topological polar surface area (TPSA) is 95.7 Å². The number of ether oxygens (including phenoxy) is 2. The number of benzene rings is 2. The number of anilines is 2. The van der Waals surface area contributed by atoms with Gasteiger partial charge in [-0.15, -0.1) is 0 Å². The van der Waals surface area contributed by atoms with Crippen LogP contribution < -0.4 is 36.5 Å². The number of rotatable bonds is 6. The van der Waals surface area contributed by atoms with E-state index in [9.17, 15) is 4.79 Å². The maximum atomic E-state index is 12.7. The van der Waals surface area contributed by atoms with Gasteiger partial charge in [0.25, 0.3) is 0 Å². The maximum absolute atomic E-state index is 12.7. The van der Waals surface area contributed by atoms with Crippen molar-refractivity contribution in [1.82, 2.24) is 16.4 Å². The van der Waals surface area contributed by atoms with Crippen molar-refractivity contribution in [3.63, 3.8) is 0 Å². The summed E-state index contributed by atoms with van der Waals surface area (Å²) in [5, 5.41) is 6.16. The Morgan fingerprint density at radius 2 is 1.62 bits per heavy atom. The number of carbonyl (C=O) groups excluding carboxylic acids is 1. The van der Waals surface area contributed by atoms with E-state index in [2.05, 4.69) is 27.0 Å². The van der Waals surface area contributed by atoms with Gasteiger partial charge in [0.15, 0.2) is 0 Å². The Bertz CT molecular complexity index is 744. The van der Waals surface area contributed by atoms with Gasteiger partial charge in [0.05, 0.1) is 14.2 Å². The van der Waals surface area contributed by atoms with E-state index >= 15 is 0 Å². The van der Waals surface area contributed by atoms with Crippen LogP contribution in [0.3, 0.4) is 0 Å². The van der Waals surface area contributed by atoms with Crippen molar-refractivity contribution in [2.45, 2.75) is 19.1 Å². The molecule has 8 heteroatoms. The predicted octanol–water partition coefficient (Wildman–Crippen LogP) is 1.37. The number of aryl methyl sites for hydroxylation is 1. The molecule has 5 N–H and O–H groups in total. The molecule has 2 aromatic carbocycles. The largest absolute Gasteiger partial charge is 0.497 e. The molecule has 0 aliphatic carbocycles. The molecule has 2 unspecified atom stereocenters. The van der Waals surface area contributed by atoms with Crippen molar-refractivity contribution in [1.29, 1.82) is 0 Å². The van der Waals surface area contributed by atoms with Crippen LogP contribution in [0.15, 0.2) is 42.5 Å². The Labute approximate surface area is 152 Å². The van der Waals surface area contributed by atoms with Crippen molar-refractivity contribution in [2.24, 2.45) is 0 Å². The van der Waals surface area contributed by atoms with E-state index < -0.39 is 6.04 Å². The molecule has 0 bridgehead atoms. The fourth-order valence-corrected chi connectivity index (χ4v) is 2.63. The molecular formula is C18H23N5O3. The molecule has 2 aromatic rings. The lowest BCUT2D eigenvalue weighted by Crippen LogP contribution is -2.47. The Morgan fingerprint density at radius 1 is 0.962 bits per heavy atom. The lowest BCUT2D eigenvalue weighted by Gasteiger charge is -2.20. The Morgan fingerprint density at radius 3 is 2.23 bits per heavy atom. The van der Waals surface area contributed by atoms with Gasteiger partial charge in [-0.05, 0) is 19.1 Å². The summed E-state index contributed by atoms with van der Waals surface area (Å²) >= 11 is 0. The summed E-state index contributed by atoms with van der Waals surface area (Å²) in [4.78, 5) is 12.7. The van der Waals surface area contributed by atoms with Crippen LogP contribution in [0.2, 0.25) is 0 Å². The van der Waals surface area contributed by atoms with Gasteiger partial charge in [-0.25, -0.2) is 10.9 Å². The number of hydrogen-bond donors (Lipinski definition) is 5. The zero-order valence-electron chi connectivity index (χ0n) is 14.9. The average Bonchev–Trinajstić information content (AvgIpc) is 3.11. The first-order valence-corrected chi connectivity index (χ1v) is 8.22. The van der Waals surface area contributed by atoms with Crippen LogP contribution in [0.5, 0.6) is 11.5 Å². The first kappa shape index (κ1) is 18.0. The Balaban J connectivity index is 1.69. The summed E-state index contributed by atoms with van der Waals surface area (Å²) in [5.41, 5.74) is 11.4. The Hall–Kier alpha value is -2.81. The van der Waals surface area contributed by atoms with Gasteiger partial charge >= 0.3 is 0 Å². The smallest absolute Gasteiger partial charge is 0.246 e. The van der Waals surface area contributed by atoms with E-state index in [0.717, 1.165) is 5.69 Å². The second kappa shape index (κ2) is 8.05. The van der Waals surface area contributed by atoms with Crippen molar-refractivity contribution in [3.8, 4) is 11.5 Å². The quantitative estimate of drug-likeness (QED) is 0.533. The zero-order chi connectivity index (χ0) is 18.5. The van der Waals surface area contributed by atoms with Crippen LogP contribution in [0.4, 0.5) is 11.4 Å². The van der Waals surface area contributed by atoms with Crippen molar-refractivity contribution in [3.05, 3.63) is 48.0 Å². The van der Waals surface area contributed by atoms with E-state index in [-0.39, 0.29) is 12.1 Å². The third kappa shape index (κ3) is 4.23. The van der Waals surface area contributed by atoms with Gasteiger partial charge < -0.3 is 20.1 Å². The Kier molecular flexibility index (Phi) is 5.57. The molecule has 1 heterocycles. The minimum absolute atomic E-state index is 0.206. The lowest BCUT2D eigenvalue weighted by molar-refractivity contribution is -0.118. The van der Waals surface area contributed by atoms with Crippen LogP contribution in [0, 0.1) is 6.92 Å². The minimum Gasteiger partial charge on any atom is -0.497 e. The van der Waals surface area contributed by atoms with Crippen LogP contribution >= 0.6 is 0 Å². The van der Waals surface area contributed by atoms with E-state index in [1.807, 2.05) is 31.2 Å². The third-order valence-corrected chi connectivity index (χ3v) is 4.06. The molecule has 1 saturated heterocycles. The van der Waals surface area contributed by atoms with Gasteiger partial charge in [0, 0.05) is 29.6 Å². The summed E-state index contributed by atoms with van der Waals surface area (Å²) in [6, 6.07) is 12.6. The molecule has 2 atom stereocenters. The van der Waals surface area contributed by atoms with Crippen LogP contribution in [0.1, 0.15) is 5.56 Å². The van der Waals surface area contributed by atoms with Crippen molar-refractivity contribution >= 4 is 17.3 Å². The van der Waals surface area contributed by atoms with Crippen molar-refractivity contribution < 1.29 is 14.3 Å². The van der Waals surface area contributed by atoms with E-state index in [4.69, 9.17) is 9.47 Å². The molecule has 26 heavy (non-hydrogen) atoms. The third-order valence-electron chi connectivity index (χ3n) is 4.06. The number of amides is 1. The van der Waals surface area contributed by atoms with Crippen LogP contribution in [-0.2, 0) is 4.79 Å². The van der Waals surface area contributed by atoms with Gasteiger partial charge in [-0.3, -0.25) is 4.79 Å². The van der Waals surface area contributed by atoms with Gasteiger partial charge in [-0.1, -0.05) is 17.7 Å². The van der Waals surface area contributed by atoms with Crippen LogP contribution in [-0.4, -0.2) is 32.3 Å². The summed E-state index contributed by atoms with van der Waals surface area (Å²) in [6.45, 7) is 2.03. The van der Waals surface area contributed by atoms with E-state index in [0.29, 0.717) is 17.2 Å². The molecular weight excluding hydrogens is 334 g/mol. The standard InChI is InChI=1S/C18H23N5O3/c1-11-4-6-12(7-5-11)19-17-16(21-23-22-17)18(24)20-13-8-14(25-2)10-15(9-13)26-3/h4-10,16-17,19,21-23H,1-3H3,(H,20,24). The normalized spacial score (nSPS) is 19.0. The maximum Gasteiger partial charge on any atom is 0.246 e. The molecule has 0 radical (unpaired) electrons. The second-order valence-corrected chi connectivity index (χ2v) is 5.97. The minimum atomic E-state index is -0.534. The van der Waals surface area contributed by atoms with Gasteiger partial charge in [0.2, 0.25) is 5.91 Å². The molecule has 8 nitrogen and oxygen atoms in total. The predicted molar refractivity (Wildman–Crippen MR) is 100.0 cm³/mol. The van der Waals surface area contributed by atoms with Crippen LogP contribution in [0.25, 0.3) is 0 Å². The second-order valence-electron chi connectivity index (χ2n) is 5.97. The average molecular weight is 357 g/mol. The first-order chi connectivity index (χ1) is 12.6. The highest BCUT2D eigenvalue weighted by atomic mass is 16.5. The summed E-state index contributed by atoms with van der Waals surface area (Å²) in [7, 11) is 3.13. The van der Waals surface area contributed by atoms with E-state index in [1.165, 1.54) is 5.56 Å². The lowest BCUT2D eigenvalue weighted by atomic mass is 10.2. The van der Waals surface area contributed by atoms with Crippen molar-refractivity contribution in [2.75, 3.05) is 24.9 Å². The number of hydrogen-bond acceptors (Lipinski definition) is 7. The monoisotopic (exact) mass is 357 g/mol. The highest BCUT2D eigenvalue weighted by molar-refractivity contribution is 5.96. The zero-order valence-corrected chi connectivity index (χ0v) is 14.9. The molecule has 0 saturated carbocycles. The highest BCUT2D eigenvalue weighted by Gasteiger charge is 2.32.